The summed E-state index contributed by atoms with van der Waals surface area (Å²) in [5.41, 5.74) is 0.00309. The second kappa shape index (κ2) is 5.88. The van der Waals surface area contributed by atoms with E-state index < -0.39 is 4.92 Å². The molecule has 1 aliphatic rings. The number of nitro benzene ring substituents is 1. The van der Waals surface area contributed by atoms with Crippen molar-refractivity contribution in [2.45, 2.75) is 31.9 Å². The van der Waals surface area contributed by atoms with E-state index in [0.29, 0.717) is 17.5 Å². The first kappa shape index (κ1) is 13.6. The first-order chi connectivity index (χ1) is 9.13. The van der Waals surface area contributed by atoms with Crippen LogP contribution in [0.25, 0.3) is 0 Å². The lowest BCUT2D eigenvalue weighted by Gasteiger charge is -2.36. The maximum Gasteiger partial charge on any atom is 0.273 e. The van der Waals surface area contributed by atoms with Crippen molar-refractivity contribution in [3.63, 3.8) is 0 Å². The van der Waals surface area contributed by atoms with Crippen LogP contribution >= 0.6 is 0 Å². The molecule has 1 N–H and O–H groups in total. The van der Waals surface area contributed by atoms with E-state index in [4.69, 9.17) is 9.47 Å². The zero-order chi connectivity index (χ0) is 13.8. The molecule has 1 saturated carbocycles. The largest absolute Gasteiger partial charge is 0.493 e. The molecule has 0 aliphatic heterocycles. The van der Waals surface area contributed by atoms with Gasteiger partial charge in [0.1, 0.15) is 6.10 Å². The Kier molecular flexibility index (Phi) is 4.21. The van der Waals surface area contributed by atoms with Crippen LogP contribution in [0.3, 0.4) is 0 Å². The molecule has 1 aromatic carbocycles. The number of benzene rings is 1. The molecule has 2 rings (SSSR count). The molecule has 19 heavy (non-hydrogen) atoms. The molecule has 0 bridgehead atoms. The molecule has 0 saturated heterocycles. The number of non-ortho nitro benzene ring substituents is 1. The van der Waals surface area contributed by atoms with Crippen molar-refractivity contribution in [1.82, 2.24) is 5.32 Å². The summed E-state index contributed by atoms with van der Waals surface area (Å²) in [7, 11) is 1.48. The molecule has 6 nitrogen and oxygen atoms in total. The summed E-state index contributed by atoms with van der Waals surface area (Å²) in [6.07, 6.45) is 2.06. The molecule has 0 spiro atoms. The zero-order valence-electron chi connectivity index (χ0n) is 11.1. The van der Waals surface area contributed by atoms with E-state index in [1.165, 1.54) is 19.2 Å². The van der Waals surface area contributed by atoms with Crippen LogP contribution in [-0.2, 0) is 0 Å². The van der Waals surface area contributed by atoms with Gasteiger partial charge in [-0.15, -0.1) is 0 Å². The fourth-order valence-corrected chi connectivity index (χ4v) is 2.16. The van der Waals surface area contributed by atoms with Crippen LogP contribution in [0.2, 0.25) is 0 Å². The van der Waals surface area contributed by atoms with Gasteiger partial charge in [-0.05, 0) is 25.5 Å². The van der Waals surface area contributed by atoms with E-state index in [9.17, 15) is 10.1 Å². The number of rotatable bonds is 6. The highest BCUT2D eigenvalue weighted by atomic mass is 16.6. The molecule has 1 aromatic rings. The maximum atomic E-state index is 10.7. The van der Waals surface area contributed by atoms with E-state index in [1.54, 1.807) is 6.07 Å². The third kappa shape index (κ3) is 3.14. The van der Waals surface area contributed by atoms with E-state index in [1.807, 2.05) is 0 Å². The third-order valence-electron chi connectivity index (χ3n) is 3.24. The molecule has 104 valence electrons. The number of nitrogens with zero attached hydrogens (tertiary/aromatic N) is 1. The van der Waals surface area contributed by atoms with Crippen molar-refractivity contribution < 1.29 is 14.4 Å². The lowest BCUT2D eigenvalue weighted by Crippen LogP contribution is -2.46. The quantitative estimate of drug-likeness (QED) is 0.630. The average molecular weight is 266 g/mol. The zero-order valence-corrected chi connectivity index (χ0v) is 11.1. The lowest BCUT2D eigenvalue weighted by atomic mass is 9.89. The molecule has 0 unspecified atom stereocenters. The summed E-state index contributed by atoms with van der Waals surface area (Å²) in [5, 5.41) is 14.0. The normalized spacial score (nSPS) is 21.6. The molecule has 1 aliphatic carbocycles. The minimum absolute atomic E-state index is 0.00309. The Balaban J connectivity index is 1.99. The monoisotopic (exact) mass is 266 g/mol. The summed E-state index contributed by atoms with van der Waals surface area (Å²) in [6.45, 7) is 3.03. The van der Waals surface area contributed by atoms with Gasteiger partial charge in [0.15, 0.2) is 11.5 Å². The Morgan fingerprint density at radius 2 is 2.16 bits per heavy atom. The van der Waals surface area contributed by atoms with Gasteiger partial charge < -0.3 is 14.8 Å². The van der Waals surface area contributed by atoms with E-state index in [2.05, 4.69) is 12.2 Å². The summed E-state index contributed by atoms with van der Waals surface area (Å²) in [6, 6.07) is 4.92. The minimum atomic E-state index is -0.448. The average Bonchev–Trinajstić information content (AvgIpc) is 2.36. The van der Waals surface area contributed by atoms with E-state index in [0.717, 1.165) is 19.4 Å². The molecule has 0 amide bonds. The van der Waals surface area contributed by atoms with Gasteiger partial charge in [-0.3, -0.25) is 10.1 Å². The minimum Gasteiger partial charge on any atom is -0.493 e. The van der Waals surface area contributed by atoms with E-state index >= 15 is 0 Å². The molecule has 0 radical (unpaired) electrons. The van der Waals surface area contributed by atoms with Gasteiger partial charge in [-0.2, -0.15) is 0 Å². The summed E-state index contributed by atoms with van der Waals surface area (Å²) < 4.78 is 10.9. The molecule has 0 atom stereocenters. The highest BCUT2D eigenvalue weighted by molar-refractivity contribution is 5.48. The van der Waals surface area contributed by atoms with E-state index in [-0.39, 0.29) is 11.8 Å². The van der Waals surface area contributed by atoms with Crippen molar-refractivity contribution in [1.29, 1.82) is 0 Å². The van der Waals surface area contributed by atoms with Crippen LogP contribution in [0.4, 0.5) is 5.69 Å². The highest BCUT2D eigenvalue weighted by Gasteiger charge is 2.30. The molecule has 6 heteroatoms. The fourth-order valence-electron chi connectivity index (χ4n) is 2.16. The molecule has 0 heterocycles. The number of ether oxygens (including phenoxy) is 2. The standard InChI is InChI=1S/C13H18N2O4/c1-3-14-9-6-11(7-9)19-12-5-4-10(15(16)17)8-13(12)18-2/h4-5,8-9,11,14H,3,6-7H2,1-2H3. The third-order valence-corrected chi connectivity index (χ3v) is 3.24. The summed E-state index contributed by atoms with van der Waals surface area (Å²) in [5.74, 6) is 0.967. The van der Waals surface area contributed by atoms with Crippen LogP contribution in [0, 0.1) is 10.1 Å². The molecular formula is C13H18N2O4. The number of nitrogens with one attached hydrogen (secondary N) is 1. The van der Waals surface area contributed by atoms with Gasteiger partial charge in [0, 0.05) is 12.1 Å². The first-order valence-electron chi connectivity index (χ1n) is 6.36. The van der Waals surface area contributed by atoms with Crippen molar-refractivity contribution >= 4 is 5.69 Å². The first-order valence-corrected chi connectivity index (χ1v) is 6.36. The topological polar surface area (TPSA) is 73.6 Å². The van der Waals surface area contributed by atoms with Crippen LogP contribution in [0.5, 0.6) is 11.5 Å². The van der Waals surface area contributed by atoms with Crippen LogP contribution < -0.4 is 14.8 Å². The number of methoxy groups -OCH3 is 1. The smallest absolute Gasteiger partial charge is 0.273 e. The van der Waals surface area contributed by atoms with Gasteiger partial charge in [-0.25, -0.2) is 0 Å². The SMILES string of the molecule is CCNC1CC(Oc2ccc([N+](=O)[O-])cc2OC)C1. The van der Waals surface area contributed by atoms with Crippen molar-refractivity contribution in [3.8, 4) is 11.5 Å². The highest BCUT2D eigenvalue weighted by Crippen LogP contribution is 2.34. The van der Waals surface area contributed by atoms with Gasteiger partial charge in [0.25, 0.3) is 5.69 Å². The molecule has 1 fully saturated rings. The summed E-state index contributed by atoms with van der Waals surface area (Å²) >= 11 is 0. The predicted molar refractivity (Wildman–Crippen MR) is 70.8 cm³/mol. The Morgan fingerprint density at radius 3 is 2.74 bits per heavy atom. The van der Waals surface area contributed by atoms with Crippen molar-refractivity contribution in [3.05, 3.63) is 28.3 Å². The lowest BCUT2D eigenvalue weighted by molar-refractivity contribution is -0.385. The van der Waals surface area contributed by atoms with Crippen molar-refractivity contribution in [2.24, 2.45) is 0 Å². The van der Waals surface area contributed by atoms with Gasteiger partial charge in [0.05, 0.1) is 18.1 Å². The number of hydrogen-bond acceptors (Lipinski definition) is 5. The van der Waals surface area contributed by atoms with Gasteiger partial charge in [-0.1, -0.05) is 6.92 Å². The van der Waals surface area contributed by atoms with Gasteiger partial charge >= 0.3 is 0 Å². The van der Waals surface area contributed by atoms with Crippen LogP contribution in [0.15, 0.2) is 18.2 Å². The van der Waals surface area contributed by atoms with Crippen LogP contribution in [0.1, 0.15) is 19.8 Å². The van der Waals surface area contributed by atoms with Crippen molar-refractivity contribution in [2.75, 3.05) is 13.7 Å². The van der Waals surface area contributed by atoms with Crippen LogP contribution in [-0.4, -0.2) is 30.7 Å². The van der Waals surface area contributed by atoms with Gasteiger partial charge in [0.2, 0.25) is 0 Å². The molecule has 0 aromatic heterocycles. The Morgan fingerprint density at radius 1 is 1.42 bits per heavy atom. The predicted octanol–water partition coefficient (Wildman–Crippen LogP) is 2.12. The maximum absolute atomic E-state index is 10.7. The molecular weight excluding hydrogens is 248 g/mol. The summed E-state index contributed by atoms with van der Waals surface area (Å²) in [4.78, 5) is 10.2. The second-order valence-electron chi connectivity index (χ2n) is 4.56. The number of nitro groups is 1. The fraction of sp³-hybridized carbons (Fsp3) is 0.538. The Hall–Kier alpha value is -1.82. The second-order valence-corrected chi connectivity index (χ2v) is 4.56. The Bertz CT molecular complexity index is 458. The number of hydrogen-bond donors (Lipinski definition) is 1. The Labute approximate surface area is 111 Å².